The van der Waals surface area contributed by atoms with Crippen molar-refractivity contribution >= 4 is 17.4 Å². The first kappa shape index (κ1) is 12.8. The summed E-state index contributed by atoms with van der Waals surface area (Å²) in [6.45, 7) is 1.78. The second-order valence-electron chi connectivity index (χ2n) is 4.03. The van der Waals surface area contributed by atoms with Gasteiger partial charge in [-0.1, -0.05) is 36.4 Å². The lowest BCUT2D eigenvalue weighted by molar-refractivity contribution is 0.0696. The zero-order valence-electron chi connectivity index (χ0n) is 10.5. The molecule has 0 unspecified atom stereocenters. The number of carboxylic acids is 1. The van der Waals surface area contributed by atoms with Crippen LogP contribution in [0.3, 0.4) is 0 Å². The molecule has 0 aromatic heterocycles. The normalized spacial score (nSPS) is 11.1. The molecule has 0 bridgehead atoms. The number of carbonyl (C=O) groups is 1. The Balaban J connectivity index is 2.24. The Hall–Kier alpha value is -2.62. The minimum absolute atomic E-state index is 0.249. The molecule has 0 aliphatic rings. The van der Waals surface area contributed by atoms with Crippen LogP contribution in [0.15, 0.2) is 59.7 Å². The number of nitrogens with one attached hydrogen (secondary N) is 1. The van der Waals surface area contributed by atoms with Gasteiger partial charge in [-0.2, -0.15) is 5.10 Å². The molecule has 0 aliphatic carbocycles. The van der Waals surface area contributed by atoms with E-state index in [0.717, 1.165) is 5.69 Å². The number of rotatable bonds is 4. The standard InChI is InChI=1S/C15H14N2O2/c1-11(16-17-12-7-3-2-4-8-12)13-9-5-6-10-14(13)15(18)19/h2-10,17H,1H3,(H,18,19)/b16-11+. The van der Waals surface area contributed by atoms with E-state index < -0.39 is 5.97 Å². The van der Waals surface area contributed by atoms with Crippen LogP contribution in [0.25, 0.3) is 0 Å². The van der Waals surface area contributed by atoms with Crippen molar-refractivity contribution in [3.63, 3.8) is 0 Å². The third-order valence-electron chi connectivity index (χ3n) is 2.67. The van der Waals surface area contributed by atoms with Crippen LogP contribution < -0.4 is 5.43 Å². The van der Waals surface area contributed by atoms with Crippen LogP contribution in [0.1, 0.15) is 22.8 Å². The van der Waals surface area contributed by atoms with Gasteiger partial charge in [-0.25, -0.2) is 4.79 Å². The molecule has 0 atom stereocenters. The minimum atomic E-state index is -0.954. The zero-order chi connectivity index (χ0) is 13.7. The van der Waals surface area contributed by atoms with Gasteiger partial charge < -0.3 is 5.11 Å². The summed E-state index contributed by atoms with van der Waals surface area (Å²) in [5.74, 6) is -0.954. The summed E-state index contributed by atoms with van der Waals surface area (Å²) in [5, 5.41) is 13.3. The van der Waals surface area contributed by atoms with E-state index in [2.05, 4.69) is 10.5 Å². The third-order valence-corrected chi connectivity index (χ3v) is 2.67. The van der Waals surface area contributed by atoms with E-state index >= 15 is 0 Å². The van der Waals surface area contributed by atoms with Gasteiger partial charge in [0.25, 0.3) is 0 Å². The molecular formula is C15H14N2O2. The Morgan fingerprint density at radius 3 is 2.21 bits per heavy atom. The molecule has 2 aromatic rings. The number of hydrogen-bond acceptors (Lipinski definition) is 3. The van der Waals surface area contributed by atoms with Gasteiger partial charge >= 0.3 is 5.97 Å². The highest BCUT2D eigenvalue weighted by atomic mass is 16.4. The number of anilines is 1. The predicted molar refractivity (Wildman–Crippen MR) is 75.7 cm³/mol. The lowest BCUT2D eigenvalue weighted by Crippen LogP contribution is -2.08. The van der Waals surface area contributed by atoms with E-state index in [9.17, 15) is 4.79 Å². The predicted octanol–water partition coefficient (Wildman–Crippen LogP) is 3.22. The maximum Gasteiger partial charge on any atom is 0.336 e. The van der Waals surface area contributed by atoms with E-state index in [0.29, 0.717) is 11.3 Å². The summed E-state index contributed by atoms with van der Waals surface area (Å²) >= 11 is 0. The first-order chi connectivity index (χ1) is 9.18. The SMILES string of the molecule is C/C(=N\Nc1ccccc1)c1ccccc1C(=O)O. The third kappa shape index (κ3) is 3.19. The van der Waals surface area contributed by atoms with Gasteiger partial charge in [-0.15, -0.1) is 0 Å². The number of hydrogen-bond donors (Lipinski definition) is 2. The second-order valence-corrected chi connectivity index (χ2v) is 4.03. The van der Waals surface area contributed by atoms with Crippen LogP contribution in [-0.4, -0.2) is 16.8 Å². The summed E-state index contributed by atoms with van der Waals surface area (Å²) in [7, 11) is 0. The van der Waals surface area contributed by atoms with Crippen molar-refractivity contribution in [2.45, 2.75) is 6.92 Å². The van der Waals surface area contributed by atoms with E-state index in [4.69, 9.17) is 5.11 Å². The molecular weight excluding hydrogens is 240 g/mol. The molecule has 0 radical (unpaired) electrons. The van der Waals surface area contributed by atoms with Gasteiger partial charge in [0.1, 0.15) is 0 Å². The summed E-state index contributed by atoms with van der Waals surface area (Å²) < 4.78 is 0. The Morgan fingerprint density at radius 1 is 1.00 bits per heavy atom. The molecule has 0 amide bonds. The summed E-state index contributed by atoms with van der Waals surface area (Å²) in [5.41, 5.74) is 5.25. The first-order valence-corrected chi connectivity index (χ1v) is 5.86. The number of nitrogens with zero attached hydrogens (tertiary/aromatic N) is 1. The summed E-state index contributed by atoms with van der Waals surface area (Å²) in [6, 6.07) is 16.3. The molecule has 4 nitrogen and oxygen atoms in total. The fourth-order valence-corrected chi connectivity index (χ4v) is 1.71. The number of carboxylic acid groups (broad SMARTS) is 1. The number of aromatic carboxylic acids is 1. The topological polar surface area (TPSA) is 61.7 Å². The Morgan fingerprint density at radius 2 is 1.58 bits per heavy atom. The summed E-state index contributed by atoms with van der Waals surface area (Å²) in [6.07, 6.45) is 0. The van der Waals surface area contributed by atoms with Crippen LogP contribution in [0.2, 0.25) is 0 Å². The van der Waals surface area contributed by atoms with Gasteiger partial charge in [0.2, 0.25) is 0 Å². The molecule has 0 heterocycles. The lowest BCUT2D eigenvalue weighted by Gasteiger charge is -2.06. The molecule has 0 aliphatic heterocycles. The smallest absolute Gasteiger partial charge is 0.336 e. The van der Waals surface area contributed by atoms with Gasteiger partial charge in [0.05, 0.1) is 17.0 Å². The van der Waals surface area contributed by atoms with Gasteiger partial charge in [-0.05, 0) is 25.1 Å². The average molecular weight is 254 g/mol. The van der Waals surface area contributed by atoms with E-state index in [1.54, 1.807) is 31.2 Å². The van der Waals surface area contributed by atoms with E-state index in [1.807, 2.05) is 30.3 Å². The van der Waals surface area contributed by atoms with Crippen molar-refractivity contribution in [3.05, 3.63) is 65.7 Å². The molecule has 0 saturated heterocycles. The van der Waals surface area contributed by atoms with Gasteiger partial charge in [0, 0.05) is 5.56 Å². The lowest BCUT2D eigenvalue weighted by atomic mass is 10.0. The van der Waals surface area contributed by atoms with Crippen LogP contribution >= 0.6 is 0 Å². The largest absolute Gasteiger partial charge is 0.478 e. The Bertz CT molecular complexity index is 607. The van der Waals surface area contributed by atoms with Crippen LogP contribution in [0, 0.1) is 0 Å². The Kier molecular flexibility index (Phi) is 3.93. The monoisotopic (exact) mass is 254 g/mol. The molecule has 0 spiro atoms. The van der Waals surface area contributed by atoms with Crippen molar-refractivity contribution in [1.29, 1.82) is 0 Å². The maximum atomic E-state index is 11.1. The molecule has 96 valence electrons. The highest BCUT2D eigenvalue weighted by Crippen LogP contribution is 2.11. The minimum Gasteiger partial charge on any atom is -0.478 e. The van der Waals surface area contributed by atoms with E-state index in [-0.39, 0.29) is 5.56 Å². The fraction of sp³-hybridized carbons (Fsp3) is 0.0667. The fourth-order valence-electron chi connectivity index (χ4n) is 1.71. The Labute approximate surface area is 111 Å². The van der Waals surface area contributed by atoms with Crippen molar-refractivity contribution in [3.8, 4) is 0 Å². The van der Waals surface area contributed by atoms with Gasteiger partial charge in [-0.3, -0.25) is 5.43 Å². The molecule has 0 saturated carbocycles. The zero-order valence-corrected chi connectivity index (χ0v) is 10.5. The molecule has 2 rings (SSSR count). The van der Waals surface area contributed by atoms with Crippen molar-refractivity contribution in [2.24, 2.45) is 5.10 Å². The number of para-hydroxylation sites is 1. The van der Waals surface area contributed by atoms with Crippen molar-refractivity contribution in [1.82, 2.24) is 0 Å². The summed E-state index contributed by atoms with van der Waals surface area (Å²) in [4.78, 5) is 11.1. The highest BCUT2D eigenvalue weighted by Gasteiger charge is 2.10. The van der Waals surface area contributed by atoms with Crippen molar-refractivity contribution in [2.75, 3.05) is 5.43 Å². The van der Waals surface area contributed by atoms with Crippen LogP contribution in [-0.2, 0) is 0 Å². The van der Waals surface area contributed by atoms with Crippen LogP contribution in [0.5, 0.6) is 0 Å². The number of hydrazone groups is 1. The second kappa shape index (κ2) is 5.82. The molecule has 19 heavy (non-hydrogen) atoms. The number of benzene rings is 2. The molecule has 2 N–H and O–H groups in total. The molecule has 4 heteroatoms. The quantitative estimate of drug-likeness (QED) is 0.650. The molecule has 0 fully saturated rings. The van der Waals surface area contributed by atoms with Crippen molar-refractivity contribution < 1.29 is 9.90 Å². The maximum absolute atomic E-state index is 11.1. The van der Waals surface area contributed by atoms with Gasteiger partial charge in [0.15, 0.2) is 0 Å². The molecule has 2 aromatic carbocycles. The first-order valence-electron chi connectivity index (χ1n) is 5.86. The highest BCUT2D eigenvalue weighted by molar-refractivity contribution is 6.07. The van der Waals surface area contributed by atoms with Crippen LogP contribution in [0.4, 0.5) is 5.69 Å². The van der Waals surface area contributed by atoms with E-state index in [1.165, 1.54) is 0 Å². The average Bonchev–Trinajstić information content (AvgIpc) is 2.46.